The lowest BCUT2D eigenvalue weighted by Crippen LogP contribution is -2.65. The summed E-state index contributed by atoms with van der Waals surface area (Å²) in [6, 6.07) is 19.4. The summed E-state index contributed by atoms with van der Waals surface area (Å²) in [5.41, 5.74) is 4.72. The molecule has 5 rings (SSSR count). The Morgan fingerprint density at radius 1 is 1.13 bits per heavy atom. The summed E-state index contributed by atoms with van der Waals surface area (Å²) in [5.74, 6) is -0.127. The van der Waals surface area contributed by atoms with Crippen LogP contribution in [0.2, 0.25) is 0 Å². The fourth-order valence-electron chi connectivity index (χ4n) is 5.81. The van der Waals surface area contributed by atoms with Crippen molar-refractivity contribution in [2.24, 2.45) is 11.3 Å². The van der Waals surface area contributed by atoms with E-state index in [2.05, 4.69) is 53.5 Å². The van der Waals surface area contributed by atoms with Gasteiger partial charge in [-0.1, -0.05) is 67.1 Å². The second-order valence-corrected chi connectivity index (χ2v) is 9.81. The van der Waals surface area contributed by atoms with Crippen LogP contribution in [0.4, 0.5) is 0 Å². The molecule has 2 N–H and O–H groups in total. The van der Waals surface area contributed by atoms with Gasteiger partial charge in [-0.2, -0.15) is 0 Å². The Morgan fingerprint density at radius 2 is 1.84 bits per heavy atom. The molecule has 31 heavy (non-hydrogen) atoms. The molecule has 0 unspecified atom stereocenters. The molecular weight excluding hydrogens is 384 g/mol. The van der Waals surface area contributed by atoms with Crippen molar-refractivity contribution in [2.45, 2.75) is 51.2 Å². The first-order valence-electron chi connectivity index (χ1n) is 11.6. The molecule has 162 valence electrons. The highest BCUT2D eigenvalue weighted by Gasteiger charge is 2.53. The molecule has 1 aliphatic heterocycles. The SMILES string of the molecule is CCC(=Cc1ccccc1)[C@@H]1C[C@H]1NC1CC2(C1)CN(Cc1ccccc1C(=O)O)C2. The van der Waals surface area contributed by atoms with Gasteiger partial charge in [-0.15, -0.1) is 0 Å². The summed E-state index contributed by atoms with van der Waals surface area (Å²) in [5, 5.41) is 13.3. The predicted octanol–water partition coefficient (Wildman–Crippen LogP) is 4.82. The van der Waals surface area contributed by atoms with Gasteiger partial charge in [-0.25, -0.2) is 4.79 Å². The summed E-state index contributed by atoms with van der Waals surface area (Å²) in [6.07, 6.45) is 7.30. The van der Waals surface area contributed by atoms with Crippen molar-refractivity contribution >= 4 is 12.0 Å². The van der Waals surface area contributed by atoms with Crippen LogP contribution in [-0.2, 0) is 6.54 Å². The third-order valence-electron chi connectivity index (χ3n) is 7.39. The summed E-state index contributed by atoms with van der Waals surface area (Å²) in [6.45, 7) is 5.22. The monoisotopic (exact) mass is 416 g/mol. The van der Waals surface area contributed by atoms with E-state index in [1.807, 2.05) is 12.1 Å². The third kappa shape index (κ3) is 4.32. The smallest absolute Gasteiger partial charge is 0.336 e. The van der Waals surface area contributed by atoms with Crippen LogP contribution >= 0.6 is 0 Å². The van der Waals surface area contributed by atoms with E-state index in [9.17, 15) is 9.90 Å². The lowest BCUT2D eigenvalue weighted by atomic mass is 9.60. The Morgan fingerprint density at radius 3 is 2.55 bits per heavy atom. The molecule has 0 amide bonds. The highest BCUT2D eigenvalue weighted by molar-refractivity contribution is 5.89. The average Bonchev–Trinajstić information content (AvgIpc) is 3.49. The first-order valence-corrected chi connectivity index (χ1v) is 11.6. The second kappa shape index (κ2) is 8.25. The maximum absolute atomic E-state index is 11.4. The zero-order valence-electron chi connectivity index (χ0n) is 18.3. The fraction of sp³-hybridized carbons (Fsp3) is 0.444. The zero-order chi connectivity index (χ0) is 21.4. The third-order valence-corrected chi connectivity index (χ3v) is 7.39. The molecule has 3 fully saturated rings. The maximum atomic E-state index is 11.4. The number of carbonyl (C=O) groups is 1. The molecule has 4 heteroatoms. The summed E-state index contributed by atoms with van der Waals surface area (Å²) < 4.78 is 0. The van der Waals surface area contributed by atoms with Crippen LogP contribution < -0.4 is 5.32 Å². The molecule has 1 saturated heterocycles. The van der Waals surface area contributed by atoms with Gasteiger partial charge in [0.1, 0.15) is 0 Å². The molecule has 4 nitrogen and oxygen atoms in total. The number of carboxylic acids is 1. The Labute approximate surface area is 185 Å². The van der Waals surface area contributed by atoms with Crippen molar-refractivity contribution in [1.29, 1.82) is 0 Å². The van der Waals surface area contributed by atoms with Crippen LogP contribution in [-0.4, -0.2) is 41.1 Å². The number of aromatic carboxylic acids is 1. The molecule has 2 aromatic rings. The molecule has 2 aromatic carbocycles. The molecule has 1 heterocycles. The van der Waals surface area contributed by atoms with Crippen LogP contribution in [0.1, 0.15) is 54.1 Å². The standard InChI is InChI=1S/C27H32N2O2/c1-2-20(12-19-8-4-3-5-9-19)24-13-25(24)28-22-14-27(15-22)17-29(18-27)16-21-10-6-7-11-23(21)26(30)31/h3-12,22,24-25,28H,2,13-18H2,1H3,(H,30,31)/t24-,25+/m0/s1. The van der Waals surface area contributed by atoms with Gasteiger partial charge >= 0.3 is 5.97 Å². The number of likely N-dealkylation sites (tertiary alicyclic amines) is 1. The fourth-order valence-corrected chi connectivity index (χ4v) is 5.81. The first kappa shape index (κ1) is 20.5. The molecular formula is C27H32N2O2. The van der Waals surface area contributed by atoms with Gasteiger partial charge in [0.05, 0.1) is 5.56 Å². The van der Waals surface area contributed by atoms with Crippen molar-refractivity contribution in [3.63, 3.8) is 0 Å². The topological polar surface area (TPSA) is 52.6 Å². The van der Waals surface area contributed by atoms with Crippen LogP contribution in [0.25, 0.3) is 6.08 Å². The van der Waals surface area contributed by atoms with E-state index < -0.39 is 5.97 Å². The van der Waals surface area contributed by atoms with Crippen molar-refractivity contribution in [2.75, 3.05) is 13.1 Å². The van der Waals surface area contributed by atoms with Gasteiger partial charge in [0.2, 0.25) is 0 Å². The largest absolute Gasteiger partial charge is 0.478 e. The van der Waals surface area contributed by atoms with Crippen molar-refractivity contribution in [3.05, 3.63) is 76.9 Å². The highest BCUT2D eigenvalue weighted by atomic mass is 16.4. The Hall–Kier alpha value is -2.43. The quantitative estimate of drug-likeness (QED) is 0.648. The van der Waals surface area contributed by atoms with Crippen molar-refractivity contribution < 1.29 is 9.90 Å². The van der Waals surface area contributed by atoms with Crippen molar-refractivity contribution in [1.82, 2.24) is 10.2 Å². The van der Waals surface area contributed by atoms with E-state index in [1.54, 1.807) is 17.7 Å². The van der Waals surface area contributed by atoms with Gasteiger partial charge in [-0.3, -0.25) is 4.90 Å². The molecule has 2 atom stereocenters. The number of carboxylic acid groups (broad SMARTS) is 1. The van der Waals surface area contributed by atoms with Gasteiger partial charge in [0.15, 0.2) is 0 Å². The molecule has 1 spiro atoms. The molecule has 2 saturated carbocycles. The normalized spacial score (nSPS) is 25.1. The first-order chi connectivity index (χ1) is 15.0. The number of rotatable bonds is 8. The van der Waals surface area contributed by atoms with E-state index in [0.717, 1.165) is 31.6 Å². The Bertz CT molecular complexity index is 970. The number of benzene rings is 2. The molecule has 0 aromatic heterocycles. The van der Waals surface area contributed by atoms with Crippen molar-refractivity contribution in [3.8, 4) is 0 Å². The zero-order valence-corrected chi connectivity index (χ0v) is 18.3. The minimum absolute atomic E-state index is 0.437. The summed E-state index contributed by atoms with van der Waals surface area (Å²) >= 11 is 0. The number of hydrogen-bond donors (Lipinski definition) is 2. The van der Waals surface area contributed by atoms with Gasteiger partial charge in [-0.05, 0) is 54.2 Å². The Balaban J connectivity index is 1.08. The van der Waals surface area contributed by atoms with Gasteiger partial charge in [0, 0.05) is 31.7 Å². The molecule has 0 radical (unpaired) electrons. The predicted molar refractivity (Wildman–Crippen MR) is 124 cm³/mol. The Kier molecular flexibility index (Phi) is 5.45. The van der Waals surface area contributed by atoms with Crippen LogP contribution in [0.3, 0.4) is 0 Å². The van der Waals surface area contributed by atoms with E-state index >= 15 is 0 Å². The van der Waals surface area contributed by atoms with Gasteiger partial charge in [0.25, 0.3) is 0 Å². The number of hydrogen-bond acceptors (Lipinski definition) is 3. The maximum Gasteiger partial charge on any atom is 0.336 e. The average molecular weight is 417 g/mol. The van der Waals surface area contributed by atoms with E-state index in [4.69, 9.17) is 0 Å². The molecule has 0 bridgehead atoms. The minimum atomic E-state index is -0.828. The van der Waals surface area contributed by atoms with E-state index in [-0.39, 0.29) is 0 Å². The molecule has 2 aliphatic carbocycles. The number of nitrogens with one attached hydrogen (secondary N) is 1. The second-order valence-electron chi connectivity index (χ2n) is 9.81. The summed E-state index contributed by atoms with van der Waals surface area (Å²) in [4.78, 5) is 13.8. The summed E-state index contributed by atoms with van der Waals surface area (Å²) in [7, 11) is 0. The van der Waals surface area contributed by atoms with E-state index in [0.29, 0.717) is 29.0 Å². The lowest BCUT2D eigenvalue weighted by Gasteiger charge is -2.59. The lowest BCUT2D eigenvalue weighted by molar-refractivity contribution is -0.0834. The van der Waals surface area contributed by atoms with Crippen LogP contribution in [0.15, 0.2) is 60.2 Å². The number of nitrogens with zero attached hydrogens (tertiary/aromatic N) is 1. The molecule has 3 aliphatic rings. The highest BCUT2D eigenvalue weighted by Crippen LogP contribution is 2.50. The van der Waals surface area contributed by atoms with Crippen LogP contribution in [0, 0.1) is 11.3 Å². The van der Waals surface area contributed by atoms with E-state index in [1.165, 1.54) is 24.8 Å². The minimum Gasteiger partial charge on any atom is -0.478 e. The van der Waals surface area contributed by atoms with Gasteiger partial charge < -0.3 is 10.4 Å². The van der Waals surface area contributed by atoms with Crippen LogP contribution in [0.5, 0.6) is 0 Å².